The molecule has 0 bridgehead atoms. The van der Waals surface area contributed by atoms with Crippen LogP contribution < -0.4 is 4.74 Å². The molecule has 2 aromatic carbocycles. The standard InChI is InChI=1S/C16H12F4O3/c1-9(15(21)22)23-14-7-6-10(8-13(14)17)11-4-2-3-5-12(11)16(18,19)20/h2-9H,1H3,(H,21,22)/t9-/m0/s1. The summed E-state index contributed by atoms with van der Waals surface area (Å²) < 4.78 is 57.9. The Balaban J connectivity index is 2.40. The molecule has 0 unspecified atom stereocenters. The smallest absolute Gasteiger partial charge is 0.417 e. The normalized spacial score (nSPS) is 12.7. The van der Waals surface area contributed by atoms with Gasteiger partial charge in [0.25, 0.3) is 0 Å². The third-order valence-corrected chi connectivity index (χ3v) is 3.13. The molecular weight excluding hydrogens is 316 g/mol. The quantitative estimate of drug-likeness (QED) is 0.848. The summed E-state index contributed by atoms with van der Waals surface area (Å²) in [7, 11) is 0. The molecule has 1 N–H and O–H groups in total. The molecule has 0 saturated heterocycles. The molecule has 2 aromatic rings. The Morgan fingerprint density at radius 1 is 1.17 bits per heavy atom. The maximum atomic E-state index is 14.0. The zero-order chi connectivity index (χ0) is 17.2. The third kappa shape index (κ3) is 3.80. The second-order valence-electron chi connectivity index (χ2n) is 4.79. The summed E-state index contributed by atoms with van der Waals surface area (Å²) in [6, 6.07) is 8.04. The van der Waals surface area contributed by atoms with E-state index >= 15 is 0 Å². The van der Waals surface area contributed by atoms with E-state index in [9.17, 15) is 22.4 Å². The van der Waals surface area contributed by atoms with Gasteiger partial charge in [-0.1, -0.05) is 24.3 Å². The van der Waals surface area contributed by atoms with Gasteiger partial charge in [-0.05, 0) is 36.2 Å². The first-order valence-corrected chi connectivity index (χ1v) is 6.55. The van der Waals surface area contributed by atoms with Crippen molar-refractivity contribution in [2.45, 2.75) is 19.2 Å². The predicted octanol–water partition coefficient (Wildman–Crippen LogP) is 4.36. The molecule has 0 fully saturated rings. The Morgan fingerprint density at radius 2 is 1.83 bits per heavy atom. The van der Waals surface area contributed by atoms with Crippen molar-refractivity contribution in [1.29, 1.82) is 0 Å². The van der Waals surface area contributed by atoms with Crippen molar-refractivity contribution < 1.29 is 32.2 Å². The Labute approximate surface area is 129 Å². The van der Waals surface area contributed by atoms with Gasteiger partial charge in [-0.15, -0.1) is 0 Å². The highest BCUT2D eigenvalue weighted by Gasteiger charge is 2.33. The van der Waals surface area contributed by atoms with Gasteiger partial charge in [0.2, 0.25) is 0 Å². The number of ether oxygens (including phenoxy) is 1. The molecule has 0 saturated carbocycles. The van der Waals surface area contributed by atoms with Gasteiger partial charge in [0.15, 0.2) is 17.7 Å². The molecule has 3 nitrogen and oxygen atoms in total. The lowest BCUT2D eigenvalue weighted by atomic mass is 9.99. The molecule has 0 heterocycles. The summed E-state index contributed by atoms with van der Waals surface area (Å²) in [5, 5.41) is 8.72. The van der Waals surface area contributed by atoms with Crippen molar-refractivity contribution in [2.75, 3.05) is 0 Å². The summed E-state index contributed by atoms with van der Waals surface area (Å²) in [5.74, 6) is -2.56. The number of carboxylic acids is 1. The lowest BCUT2D eigenvalue weighted by Crippen LogP contribution is -2.23. The van der Waals surface area contributed by atoms with Gasteiger partial charge in [-0.25, -0.2) is 9.18 Å². The van der Waals surface area contributed by atoms with E-state index in [2.05, 4.69) is 0 Å². The van der Waals surface area contributed by atoms with Crippen LogP contribution in [0, 0.1) is 5.82 Å². The second-order valence-corrected chi connectivity index (χ2v) is 4.79. The van der Waals surface area contributed by atoms with E-state index in [0.29, 0.717) is 0 Å². The van der Waals surface area contributed by atoms with E-state index < -0.39 is 29.6 Å². The van der Waals surface area contributed by atoms with Crippen molar-refractivity contribution in [1.82, 2.24) is 0 Å². The minimum atomic E-state index is -4.57. The van der Waals surface area contributed by atoms with Gasteiger partial charge in [-0.3, -0.25) is 0 Å². The molecular formula is C16H12F4O3. The number of aliphatic carboxylic acids is 1. The number of alkyl halides is 3. The van der Waals surface area contributed by atoms with Crippen molar-refractivity contribution >= 4 is 5.97 Å². The Hall–Kier alpha value is -2.57. The molecule has 2 rings (SSSR count). The first-order valence-electron chi connectivity index (χ1n) is 6.55. The molecule has 0 aliphatic heterocycles. The summed E-state index contributed by atoms with van der Waals surface area (Å²) in [4.78, 5) is 10.7. The van der Waals surface area contributed by atoms with Crippen LogP contribution in [0.5, 0.6) is 5.75 Å². The van der Waals surface area contributed by atoms with Gasteiger partial charge in [-0.2, -0.15) is 13.2 Å². The molecule has 0 radical (unpaired) electrons. The van der Waals surface area contributed by atoms with Crippen molar-refractivity contribution in [2.24, 2.45) is 0 Å². The molecule has 7 heteroatoms. The van der Waals surface area contributed by atoms with Crippen molar-refractivity contribution in [3.8, 4) is 16.9 Å². The highest BCUT2D eigenvalue weighted by molar-refractivity contribution is 5.72. The van der Waals surface area contributed by atoms with E-state index in [0.717, 1.165) is 18.2 Å². The monoisotopic (exact) mass is 328 g/mol. The van der Waals surface area contributed by atoms with Crippen molar-refractivity contribution in [3.63, 3.8) is 0 Å². The molecule has 122 valence electrons. The fraction of sp³-hybridized carbons (Fsp3) is 0.188. The fourth-order valence-electron chi connectivity index (χ4n) is 1.99. The van der Waals surface area contributed by atoms with Crippen LogP contribution in [0.4, 0.5) is 17.6 Å². The number of carboxylic acid groups (broad SMARTS) is 1. The van der Waals surface area contributed by atoms with Crippen LogP contribution in [-0.2, 0) is 11.0 Å². The van der Waals surface area contributed by atoms with Gasteiger partial charge in [0, 0.05) is 0 Å². The Kier molecular flexibility index (Phi) is 4.58. The van der Waals surface area contributed by atoms with Crippen LogP contribution >= 0.6 is 0 Å². The summed E-state index contributed by atoms with van der Waals surface area (Å²) in [6.07, 6.45) is -5.85. The third-order valence-electron chi connectivity index (χ3n) is 3.13. The van der Waals surface area contributed by atoms with Gasteiger partial charge in [0.05, 0.1) is 5.56 Å². The van der Waals surface area contributed by atoms with Gasteiger partial charge in [0.1, 0.15) is 0 Å². The maximum Gasteiger partial charge on any atom is 0.417 e. The van der Waals surface area contributed by atoms with E-state index in [1.807, 2.05) is 0 Å². The molecule has 0 spiro atoms. The average Bonchev–Trinajstić information content (AvgIpc) is 2.48. The summed E-state index contributed by atoms with van der Waals surface area (Å²) in [5.41, 5.74) is -1.03. The largest absolute Gasteiger partial charge is 0.479 e. The minimum Gasteiger partial charge on any atom is -0.479 e. The number of benzene rings is 2. The van der Waals surface area contributed by atoms with Crippen LogP contribution in [-0.4, -0.2) is 17.2 Å². The van der Waals surface area contributed by atoms with E-state index in [1.54, 1.807) is 0 Å². The Morgan fingerprint density at radius 3 is 2.39 bits per heavy atom. The SMILES string of the molecule is C[C@H](Oc1ccc(-c2ccccc2C(F)(F)F)cc1F)C(=O)O. The number of halogens is 4. The first kappa shape index (κ1) is 16.8. The lowest BCUT2D eigenvalue weighted by molar-refractivity contribution is -0.144. The van der Waals surface area contributed by atoms with E-state index in [4.69, 9.17) is 9.84 Å². The van der Waals surface area contributed by atoms with Gasteiger partial charge >= 0.3 is 12.1 Å². The molecule has 0 aromatic heterocycles. The number of hydrogen-bond acceptors (Lipinski definition) is 2. The zero-order valence-corrected chi connectivity index (χ0v) is 11.9. The fourth-order valence-corrected chi connectivity index (χ4v) is 1.99. The topological polar surface area (TPSA) is 46.5 Å². The average molecular weight is 328 g/mol. The van der Waals surface area contributed by atoms with E-state index in [-0.39, 0.29) is 16.9 Å². The van der Waals surface area contributed by atoms with Crippen molar-refractivity contribution in [3.05, 3.63) is 53.8 Å². The zero-order valence-electron chi connectivity index (χ0n) is 11.9. The van der Waals surface area contributed by atoms with Crippen LogP contribution in [0.3, 0.4) is 0 Å². The molecule has 0 amide bonds. The van der Waals surface area contributed by atoms with Crippen LogP contribution in [0.2, 0.25) is 0 Å². The predicted molar refractivity (Wildman–Crippen MR) is 74.6 cm³/mol. The highest BCUT2D eigenvalue weighted by Crippen LogP contribution is 2.37. The highest BCUT2D eigenvalue weighted by atomic mass is 19.4. The minimum absolute atomic E-state index is 0.0192. The Bertz CT molecular complexity index is 726. The number of hydrogen-bond donors (Lipinski definition) is 1. The van der Waals surface area contributed by atoms with Crippen LogP contribution in [0.15, 0.2) is 42.5 Å². The molecule has 23 heavy (non-hydrogen) atoms. The van der Waals surface area contributed by atoms with Crippen LogP contribution in [0.1, 0.15) is 12.5 Å². The molecule has 0 aliphatic rings. The summed E-state index contributed by atoms with van der Waals surface area (Å²) in [6.45, 7) is 1.22. The van der Waals surface area contributed by atoms with Gasteiger partial charge < -0.3 is 9.84 Å². The molecule has 1 atom stereocenters. The number of carbonyl (C=O) groups is 1. The maximum absolute atomic E-state index is 14.0. The number of rotatable bonds is 4. The van der Waals surface area contributed by atoms with Crippen LogP contribution in [0.25, 0.3) is 11.1 Å². The lowest BCUT2D eigenvalue weighted by Gasteiger charge is -2.15. The molecule has 0 aliphatic carbocycles. The summed E-state index contributed by atoms with van der Waals surface area (Å²) >= 11 is 0. The second kappa shape index (κ2) is 6.28. The first-order chi connectivity index (χ1) is 10.7. The van der Waals surface area contributed by atoms with E-state index in [1.165, 1.54) is 31.2 Å².